The average molecular weight is 262 g/mol. The Balaban J connectivity index is 2.27. The Hall–Kier alpha value is -1.91. The number of fused-ring (bicyclic) bond motifs is 1. The molecule has 4 nitrogen and oxygen atoms in total. The SMILES string of the molecule is O=c1[nH]c2cccc(F)c2c(=O)n1C1CCCCC1. The van der Waals surface area contributed by atoms with E-state index in [2.05, 4.69) is 4.98 Å². The number of hydrogen-bond acceptors (Lipinski definition) is 2. The molecule has 1 aromatic heterocycles. The number of nitrogens with one attached hydrogen (secondary N) is 1. The van der Waals surface area contributed by atoms with Crippen molar-refractivity contribution in [1.82, 2.24) is 9.55 Å². The van der Waals surface area contributed by atoms with Gasteiger partial charge in [0.15, 0.2) is 0 Å². The maximum absolute atomic E-state index is 13.8. The summed E-state index contributed by atoms with van der Waals surface area (Å²) < 4.78 is 15.0. The van der Waals surface area contributed by atoms with Crippen LogP contribution in [0, 0.1) is 5.82 Å². The first kappa shape index (κ1) is 12.1. The summed E-state index contributed by atoms with van der Waals surface area (Å²) >= 11 is 0. The lowest BCUT2D eigenvalue weighted by molar-refractivity contribution is 0.337. The van der Waals surface area contributed by atoms with Gasteiger partial charge >= 0.3 is 5.69 Å². The maximum Gasteiger partial charge on any atom is 0.329 e. The van der Waals surface area contributed by atoms with Crippen LogP contribution in [0.2, 0.25) is 0 Å². The molecule has 3 rings (SSSR count). The molecule has 0 atom stereocenters. The minimum atomic E-state index is -0.580. The molecule has 0 aliphatic heterocycles. The molecule has 1 heterocycles. The molecule has 1 fully saturated rings. The van der Waals surface area contributed by atoms with E-state index < -0.39 is 17.1 Å². The van der Waals surface area contributed by atoms with E-state index in [-0.39, 0.29) is 16.9 Å². The fourth-order valence-electron chi connectivity index (χ4n) is 2.90. The van der Waals surface area contributed by atoms with Crippen molar-refractivity contribution in [3.63, 3.8) is 0 Å². The molecule has 0 radical (unpaired) electrons. The molecule has 1 aromatic carbocycles. The van der Waals surface area contributed by atoms with Gasteiger partial charge in [0.2, 0.25) is 0 Å². The van der Waals surface area contributed by atoms with Crippen LogP contribution in [0.1, 0.15) is 38.1 Å². The summed E-state index contributed by atoms with van der Waals surface area (Å²) in [4.78, 5) is 27.0. The second-order valence-electron chi connectivity index (χ2n) is 5.06. The quantitative estimate of drug-likeness (QED) is 0.857. The second kappa shape index (κ2) is 4.64. The summed E-state index contributed by atoms with van der Waals surface area (Å²) in [6, 6.07) is 4.17. The van der Waals surface area contributed by atoms with Crippen LogP contribution in [0.4, 0.5) is 4.39 Å². The number of aromatic nitrogens is 2. The predicted molar refractivity (Wildman–Crippen MR) is 70.9 cm³/mol. The highest BCUT2D eigenvalue weighted by Crippen LogP contribution is 2.26. The summed E-state index contributed by atoms with van der Waals surface area (Å²) in [5.41, 5.74) is -0.680. The van der Waals surface area contributed by atoms with Gasteiger partial charge in [-0.25, -0.2) is 9.18 Å². The van der Waals surface area contributed by atoms with Crippen molar-refractivity contribution in [3.05, 3.63) is 44.9 Å². The van der Waals surface area contributed by atoms with Crippen LogP contribution in [0.5, 0.6) is 0 Å². The summed E-state index contributed by atoms with van der Waals surface area (Å²) in [5, 5.41) is -0.0207. The number of rotatable bonds is 1. The zero-order valence-electron chi connectivity index (χ0n) is 10.5. The summed E-state index contributed by atoms with van der Waals surface area (Å²) in [6.45, 7) is 0. The molecule has 19 heavy (non-hydrogen) atoms. The Morgan fingerprint density at radius 3 is 2.63 bits per heavy atom. The number of benzene rings is 1. The predicted octanol–water partition coefficient (Wildman–Crippen LogP) is 2.33. The molecule has 1 aliphatic rings. The first-order valence-electron chi connectivity index (χ1n) is 6.61. The van der Waals surface area contributed by atoms with Crippen molar-refractivity contribution in [1.29, 1.82) is 0 Å². The normalized spacial score (nSPS) is 16.9. The van der Waals surface area contributed by atoms with E-state index >= 15 is 0 Å². The largest absolute Gasteiger partial charge is 0.329 e. The molecule has 1 N–H and O–H groups in total. The van der Waals surface area contributed by atoms with Gasteiger partial charge in [-0.2, -0.15) is 0 Å². The number of hydrogen-bond donors (Lipinski definition) is 1. The summed E-state index contributed by atoms with van der Waals surface area (Å²) in [7, 11) is 0. The van der Waals surface area contributed by atoms with Crippen LogP contribution < -0.4 is 11.2 Å². The van der Waals surface area contributed by atoms with Crippen molar-refractivity contribution >= 4 is 10.9 Å². The van der Waals surface area contributed by atoms with E-state index in [1.54, 1.807) is 6.07 Å². The molecule has 0 unspecified atom stereocenters. The van der Waals surface area contributed by atoms with Crippen molar-refractivity contribution in [2.45, 2.75) is 38.1 Å². The maximum atomic E-state index is 13.8. The fourth-order valence-corrected chi connectivity index (χ4v) is 2.90. The molecular weight excluding hydrogens is 247 g/mol. The zero-order chi connectivity index (χ0) is 13.4. The molecule has 1 aliphatic carbocycles. The van der Waals surface area contributed by atoms with E-state index in [1.165, 1.54) is 16.7 Å². The van der Waals surface area contributed by atoms with Crippen LogP contribution in [0.25, 0.3) is 10.9 Å². The Morgan fingerprint density at radius 1 is 1.16 bits per heavy atom. The van der Waals surface area contributed by atoms with Gasteiger partial charge in [0.25, 0.3) is 5.56 Å². The van der Waals surface area contributed by atoms with E-state index in [4.69, 9.17) is 0 Å². The zero-order valence-corrected chi connectivity index (χ0v) is 10.5. The minimum Gasteiger partial charge on any atom is -0.307 e. The Labute approximate surface area is 108 Å². The van der Waals surface area contributed by atoms with Gasteiger partial charge in [-0.3, -0.25) is 9.36 Å². The third-order valence-corrected chi connectivity index (χ3v) is 3.85. The Bertz CT molecular complexity index is 726. The van der Waals surface area contributed by atoms with Gasteiger partial charge in [0.1, 0.15) is 5.82 Å². The van der Waals surface area contributed by atoms with Crippen LogP contribution in [0.3, 0.4) is 0 Å². The highest BCUT2D eigenvalue weighted by atomic mass is 19.1. The first-order valence-corrected chi connectivity index (χ1v) is 6.61. The second-order valence-corrected chi connectivity index (χ2v) is 5.06. The van der Waals surface area contributed by atoms with E-state index in [9.17, 15) is 14.0 Å². The topological polar surface area (TPSA) is 54.9 Å². The van der Waals surface area contributed by atoms with Crippen LogP contribution in [-0.2, 0) is 0 Å². The van der Waals surface area contributed by atoms with E-state index in [0.29, 0.717) is 0 Å². The summed E-state index contributed by atoms with van der Waals surface area (Å²) in [5.74, 6) is -0.580. The van der Waals surface area contributed by atoms with Crippen molar-refractivity contribution in [3.8, 4) is 0 Å². The third-order valence-electron chi connectivity index (χ3n) is 3.85. The summed E-state index contributed by atoms with van der Waals surface area (Å²) in [6.07, 6.45) is 4.76. The number of H-pyrrole nitrogens is 1. The van der Waals surface area contributed by atoms with Crippen molar-refractivity contribution in [2.75, 3.05) is 0 Å². The van der Waals surface area contributed by atoms with E-state index in [1.807, 2.05) is 0 Å². The lowest BCUT2D eigenvalue weighted by atomic mass is 9.95. The molecule has 0 spiro atoms. The monoisotopic (exact) mass is 262 g/mol. The van der Waals surface area contributed by atoms with Gasteiger partial charge in [0.05, 0.1) is 10.9 Å². The number of halogens is 1. The molecular formula is C14H15FN2O2. The molecule has 2 aromatic rings. The lowest BCUT2D eigenvalue weighted by Crippen LogP contribution is -2.39. The van der Waals surface area contributed by atoms with Crippen molar-refractivity contribution in [2.24, 2.45) is 0 Å². The van der Waals surface area contributed by atoms with Gasteiger partial charge < -0.3 is 4.98 Å². The smallest absolute Gasteiger partial charge is 0.307 e. The fraction of sp³-hybridized carbons (Fsp3) is 0.429. The third kappa shape index (κ3) is 1.99. The molecule has 0 saturated heterocycles. The van der Waals surface area contributed by atoms with Crippen LogP contribution in [-0.4, -0.2) is 9.55 Å². The van der Waals surface area contributed by atoms with Gasteiger partial charge in [-0.05, 0) is 25.0 Å². The van der Waals surface area contributed by atoms with Gasteiger partial charge in [-0.15, -0.1) is 0 Å². The highest BCUT2D eigenvalue weighted by Gasteiger charge is 2.21. The van der Waals surface area contributed by atoms with Crippen LogP contribution in [0.15, 0.2) is 27.8 Å². The van der Waals surface area contributed by atoms with Crippen LogP contribution >= 0.6 is 0 Å². The molecule has 0 bridgehead atoms. The molecule has 5 heteroatoms. The van der Waals surface area contributed by atoms with E-state index in [0.717, 1.165) is 32.1 Å². The highest BCUT2D eigenvalue weighted by molar-refractivity contribution is 5.77. The minimum absolute atomic E-state index is 0.0207. The number of aromatic amines is 1. The Kier molecular flexibility index (Phi) is 2.97. The van der Waals surface area contributed by atoms with Gasteiger partial charge in [0, 0.05) is 6.04 Å². The average Bonchev–Trinajstić information content (AvgIpc) is 2.39. The first-order chi connectivity index (χ1) is 9.18. The lowest BCUT2D eigenvalue weighted by Gasteiger charge is -2.23. The molecule has 1 saturated carbocycles. The number of nitrogens with zero attached hydrogens (tertiary/aromatic N) is 1. The van der Waals surface area contributed by atoms with Crippen molar-refractivity contribution < 1.29 is 4.39 Å². The Morgan fingerprint density at radius 2 is 1.89 bits per heavy atom. The molecule has 100 valence electrons. The van der Waals surface area contributed by atoms with Gasteiger partial charge in [-0.1, -0.05) is 25.3 Å². The standard InChI is InChI=1S/C14H15FN2O2/c15-10-7-4-8-11-12(10)13(18)17(14(19)16-11)9-5-2-1-3-6-9/h4,7-9H,1-3,5-6H2,(H,16,19). The molecule has 0 amide bonds.